The molecule has 0 spiro atoms. The first-order valence-electron chi connectivity index (χ1n) is 9.50. The number of ether oxygens (including phenoxy) is 4. The van der Waals surface area contributed by atoms with Gasteiger partial charge in [-0.3, -0.25) is 0 Å². The molecular weight excluding hydrogens is 456 g/mol. The summed E-state index contributed by atoms with van der Waals surface area (Å²) in [7, 11) is 0. The fourth-order valence-electron chi connectivity index (χ4n) is 2.23. The average molecular weight is 478 g/mol. The van der Waals surface area contributed by atoms with E-state index < -0.39 is 71.3 Å². The maximum absolute atomic E-state index is 12.5. The van der Waals surface area contributed by atoms with E-state index >= 15 is 0 Å². The number of hydrogen-bond donors (Lipinski definition) is 2. The van der Waals surface area contributed by atoms with Crippen molar-refractivity contribution in [3.8, 4) is 0 Å². The Bertz CT molecular complexity index is 967. The van der Waals surface area contributed by atoms with Gasteiger partial charge in [0.15, 0.2) is 0 Å². The summed E-state index contributed by atoms with van der Waals surface area (Å²) in [5.74, 6) is -7.21. The highest BCUT2D eigenvalue weighted by Gasteiger charge is 2.27. The molecule has 0 radical (unpaired) electrons. The molecule has 34 heavy (non-hydrogen) atoms. The quantitative estimate of drug-likeness (QED) is 0.192. The van der Waals surface area contributed by atoms with Crippen LogP contribution in [0.3, 0.4) is 0 Å². The fourth-order valence-corrected chi connectivity index (χ4v) is 2.23. The number of carbonyl (C=O) groups excluding carboxylic acids is 4. The third-order valence-electron chi connectivity index (χ3n) is 3.85. The van der Waals surface area contributed by atoms with Crippen LogP contribution in [0.25, 0.3) is 0 Å². The maximum Gasteiger partial charge on any atom is 0.339 e. The van der Waals surface area contributed by atoms with Crippen LogP contribution in [-0.4, -0.2) is 72.5 Å². The molecule has 0 atom stereocenters. The van der Waals surface area contributed by atoms with Crippen LogP contribution in [0.5, 0.6) is 0 Å². The molecule has 0 aliphatic heterocycles. The molecule has 0 saturated carbocycles. The Hall–Kier alpha value is -4.48. The van der Waals surface area contributed by atoms with E-state index in [1.807, 2.05) is 0 Å². The summed E-state index contributed by atoms with van der Waals surface area (Å²) in [6.07, 6.45) is 0. The lowest BCUT2D eigenvalue weighted by molar-refractivity contribution is -0.140. The molecule has 0 aromatic heterocycles. The van der Waals surface area contributed by atoms with Crippen LogP contribution < -0.4 is 0 Å². The van der Waals surface area contributed by atoms with Crippen LogP contribution in [0.1, 0.15) is 55.3 Å². The van der Waals surface area contributed by atoms with Gasteiger partial charge in [0.25, 0.3) is 0 Å². The summed E-state index contributed by atoms with van der Waals surface area (Å²) in [5.41, 5.74) is -2.53. The lowest BCUT2D eigenvalue weighted by Crippen LogP contribution is -2.21. The molecule has 1 rings (SSSR count). The van der Waals surface area contributed by atoms with Crippen molar-refractivity contribution in [2.75, 3.05) is 26.4 Å². The average Bonchev–Trinajstić information content (AvgIpc) is 2.77. The molecule has 0 saturated heterocycles. The molecule has 1 aromatic carbocycles. The zero-order valence-corrected chi connectivity index (χ0v) is 18.4. The van der Waals surface area contributed by atoms with E-state index in [9.17, 15) is 39.0 Å². The molecule has 0 amide bonds. The Kier molecular flexibility index (Phi) is 10.2. The summed E-state index contributed by atoms with van der Waals surface area (Å²) in [6.45, 7) is 7.95. The summed E-state index contributed by atoms with van der Waals surface area (Å²) in [5, 5.41) is 18.6. The molecule has 2 N–H and O–H groups in total. The summed E-state index contributed by atoms with van der Waals surface area (Å²) in [6, 6.07) is 1.32. The maximum atomic E-state index is 12.5. The van der Waals surface area contributed by atoms with E-state index in [-0.39, 0.29) is 24.4 Å². The highest BCUT2D eigenvalue weighted by atomic mass is 16.6. The van der Waals surface area contributed by atoms with Gasteiger partial charge in [-0.15, -0.1) is 0 Å². The van der Waals surface area contributed by atoms with Crippen LogP contribution in [0.15, 0.2) is 36.4 Å². The van der Waals surface area contributed by atoms with Crippen LogP contribution in [-0.2, 0) is 28.5 Å². The first kappa shape index (κ1) is 27.6. The number of carboxylic acids is 2. The van der Waals surface area contributed by atoms with Crippen molar-refractivity contribution in [3.63, 3.8) is 0 Å². The molecule has 12 heteroatoms. The molecule has 12 nitrogen and oxygen atoms in total. The minimum absolute atomic E-state index is 0.112. The van der Waals surface area contributed by atoms with Crippen molar-refractivity contribution in [1.82, 2.24) is 0 Å². The Morgan fingerprint density at radius 1 is 0.618 bits per heavy atom. The minimum Gasteiger partial charge on any atom is -0.478 e. The van der Waals surface area contributed by atoms with Crippen LogP contribution >= 0.6 is 0 Å². The second-order valence-electron chi connectivity index (χ2n) is 6.66. The van der Waals surface area contributed by atoms with E-state index in [0.29, 0.717) is 12.1 Å². The first-order chi connectivity index (χ1) is 15.9. The predicted octanol–water partition coefficient (Wildman–Crippen LogP) is 1.64. The van der Waals surface area contributed by atoms with E-state index in [1.54, 1.807) is 0 Å². The standard InChI is InChI=1S/C22H22O12/c1-11(2)19(27)31-5-7-33-21(29)15-9-13(17(23)24)14(18(25)26)10-16(15)22(30)34-8-6-32-20(28)12(3)4/h9-10H,1,3,5-8H2,2,4H3,(H,23,24)(H,25,26). The molecule has 0 heterocycles. The molecule has 0 bridgehead atoms. The Morgan fingerprint density at radius 3 is 1.18 bits per heavy atom. The van der Waals surface area contributed by atoms with Crippen molar-refractivity contribution in [1.29, 1.82) is 0 Å². The van der Waals surface area contributed by atoms with E-state index in [2.05, 4.69) is 13.2 Å². The van der Waals surface area contributed by atoms with Gasteiger partial charge < -0.3 is 29.2 Å². The number of aromatic carboxylic acids is 2. The van der Waals surface area contributed by atoms with Crippen molar-refractivity contribution in [3.05, 3.63) is 58.7 Å². The van der Waals surface area contributed by atoms with Gasteiger partial charge in [0.1, 0.15) is 26.4 Å². The van der Waals surface area contributed by atoms with E-state index in [4.69, 9.17) is 18.9 Å². The van der Waals surface area contributed by atoms with E-state index in [0.717, 1.165) is 0 Å². The van der Waals surface area contributed by atoms with Gasteiger partial charge >= 0.3 is 35.8 Å². The number of carboxylic acid groups (broad SMARTS) is 2. The lowest BCUT2D eigenvalue weighted by atomic mass is 9.98. The molecule has 0 aliphatic carbocycles. The zero-order valence-electron chi connectivity index (χ0n) is 18.4. The number of carbonyl (C=O) groups is 6. The van der Waals surface area contributed by atoms with Crippen molar-refractivity contribution in [2.45, 2.75) is 13.8 Å². The zero-order chi connectivity index (χ0) is 26.0. The number of hydrogen-bond acceptors (Lipinski definition) is 10. The monoisotopic (exact) mass is 478 g/mol. The molecule has 1 aromatic rings. The second-order valence-corrected chi connectivity index (χ2v) is 6.66. The predicted molar refractivity (Wildman–Crippen MR) is 112 cm³/mol. The van der Waals surface area contributed by atoms with Crippen molar-refractivity contribution >= 4 is 35.8 Å². The van der Waals surface area contributed by atoms with Crippen LogP contribution in [0.4, 0.5) is 0 Å². The first-order valence-corrected chi connectivity index (χ1v) is 9.50. The van der Waals surface area contributed by atoms with Gasteiger partial charge in [-0.05, 0) is 26.0 Å². The fraction of sp³-hybridized carbons (Fsp3) is 0.273. The SMILES string of the molecule is C=C(C)C(=O)OCCOC(=O)c1cc(C(=O)O)c(C(=O)O)cc1C(=O)OCCOC(=O)C(=C)C. The Morgan fingerprint density at radius 2 is 0.912 bits per heavy atom. The van der Waals surface area contributed by atoms with Crippen LogP contribution in [0, 0.1) is 0 Å². The Balaban J connectivity index is 3.11. The number of rotatable bonds is 12. The van der Waals surface area contributed by atoms with Gasteiger partial charge in [-0.1, -0.05) is 13.2 Å². The van der Waals surface area contributed by atoms with Gasteiger partial charge in [0, 0.05) is 11.1 Å². The van der Waals surface area contributed by atoms with Crippen molar-refractivity contribution < 1.29 is 57.9 Å². The molecule has 0 fully saturated rings. The van der Waals surface area contributed by atoms with Gasteiger partial charge in [-0.25, -0.2) is 28.8 Å². The van der Waals surface area contributed by atoms with Gasteiger partial charge in [0.2, 0.25) is 0 Å². The van der Waals surface area contributed by atoms with Crippen LogP contribution in [0.2, 0.25) is 0 Å². The minimum atomic E-state index is -1.67. The Labute approximate surface area is 193 Å². The smallest absolute Gasteiger partial charge is 0.339 e. The molecule has 182 valence electrons. The van der Waals surface area contributed by atoms with E-state index in [1.165, 1.54) is 13.8 Å². The van der Waals surface area contributed by atoms with Gasteiger partial charge in [0.05, 0.1) is 22.3 Å². The number of benzene rings is 1. The lowest BCUT2D eigenvalue weighted by Gasteiger charge is -2.13. The third kappa shape index (κ3) is 7.89. The third-order valence-corrected chi connectivity index (χ3v) is 3.85. The summed E-state index contributed by atoms with van der Waals surface area (Å²) in [4.78, 5) is 70.6. The molecular formula is C22H22O12. The molecule has 0 unspecified atom stereocenters. The normalized spacial score (nSPS) is 9.94. The largest absolute Gasteiger partial charge is 0.478 e. The van der Waals surface area contributed by atoms with Crippen molar-refractivity contribution in [2.24, 2.45) is 0 Å². The summed E-state index contributed by atoms with van der Waals surface area (Å²) < 4.78 is 19.3. The topological polar surface area (TPSA) is 180 Å². The summed E-state index contributed by atoms with van der Waals surface area (Å²) >= 11 is 0. The highest BCUT2D eigenvalue weighted by molar-refractivity contribution is 6.09. The van der Waals surface area contributed by atoms with Gasteiger partial charge in [-0.2, -0.15) is 0 Å². The number of esters is 4. The second kappa shape index (κ2) is 12.5. The highest BCUT2D eigenvalue weighted by Crippen LogP contribution is 2.20. The molecule has 0 aliphatic rings.